The normalized spacial score (nSPS) is 11.6. The smallest absolute Gasteiger partial charge is 0.155 e. The number of halogens is 1. The standard InChI is InChI=1S/C25H28N2OS.HI/c1-26-24(29-2)27-19-12-20-28-25(21-13-6-3-7-14-21,22-15-8-4-9-16-22)23-17-10-5-11-18-23;/h3-11,13-18H,12,19-20H2,1-2H3,(H,26,27);1H. The molecule has 158 valence electrons. The number of ether oxygens (including phenoxy) is 1. The first-order valence-electron chi connectivity index (χ1n) is 9.86. The van der Waals surface area contributed by atoms with Crippen LogP contribution in [0.1, 0.15) is 23.1 Å². The van der Waals surface area contributed by atoms with Crippen molar-refractivity contribution in [1.82, 2.24) is 5.32 Å². The van der Waals surface area contributed by atoms with Gasteiger partial charge in [0.1, 0.15) is 5.60 Å². The Labute approximate surface area is 201 Å². The van der Waals surface area contributed by atoms with Gasteiger partial charge in [-0.05, 0) is 29.4 Å². The molecule has 0 spiro atoms. The van der Waals surface area contributed by atoms with Crippen LogP contribution >= 0.6 is 35.7 Å². The molecule has 0 radical (unpaired) electrons. The third-order valence-corrected chi connectivity index (χ3v) is 5.57. The molecule has 3 rings (SSSR count). The number of nitrogens with zero attached hydrogens (tertiary/aromatic N) is 1. The zero-order chi connectivity index (χ0) is 20.4. The minimum atomic E-state index is -0.648. The first-order valence-corrected chi connectivity index (χ1v) is 11.1. The van der Waals surface area contributed by atoms with Gasteiger partial charge in [-0.3, -0.25) is 4.99 Å². The maximum Gasteiger partial charge on any atom is 0.155 e. The van der Waals surface area contributed by atoms with Gasteiger partial charge in [-0.15, -0.1) is 24.0 Å². The van der Waals surface area contributed by atoms with Gasteiger partial charge in [0.15, 0.2) is 5.17 Å². The second-order valence-electron chi connectivity index (χ2n) is 6.64. The summed E-state index contributed by atoms with van der Waals surface area (Å²) in [5, 5.41) is 4.31. The molecule has 1 N–H and O–H groups in total. The third kappa shape index (κ3) is 5.86. The summed E-state index contributed by atoms with van der Waals surface area (Å²) in [7, 11) is 1.81. The number of hydrogen-bond acceptors (Lipinski definition) is 3. The topological polar surface area (TPSA) is 33.6 Å². The quantitative estimate of drug-likeness (QED) is 0.128. The summed E-state index contributed by atoms with van der Waals surface area (Å²) >= 11 is 1.62. The van der Waals surface area contributed by atoms with Crippen molar-refractivity contribution in [3.63, 3.8) is 0 Å². The summed E-state index contributed by atoms with van der Waals surface area (Å²) in [4.78, 5) is 4.22. The predicted molar refractivity (Wildman–Crippen MR) is 140 cm³/mol. The minimum absolute atomic E-state index is 0. The number of benzene rings is 3. The van der Waals surface area contributed by atoms with Crippen molar-refractivity contribution in [2.75, 3.05) is 26.5 Å². The molecule has 3 aromatic rings. The van der Waals surface area contributed by atoms with E-state index in [4.69, 9.17) is 4.74 Å². The third-order valence-electron chi connectivity index (χ3n) is 4.85. The monoisotopic (exact) mass is 532 g/mol. The molecule has 30 heavy (non-hydrogen) atoms. The Balaban J connectivity index is 0.00000320. The Morgan fingerprint density at radius 3 is 1.63 bits per heavy atom. The van der Waals surface area contributed by atoms with Crippen molar-refractivity contribution in [2.45, 2.75) is 12.0 Å². The molecule has 0 aliphatic rings. The van der Waals surface area contributed by atoms with Crippen molar-refractivity contribution in [2.24, 2.45) is 4.99 Å². The molecule has 3 aromatic carbocycles. The Hall–Kier alpha value is -1.83. The second kappa shape index (κ2) is 12.8. The molecule has 0 saturated carbocycles. The highest BCUT2D eigenvalue weighted by Crippen LogP contribution is 2.40. The van der Waals surface area contributed by atoms with Gasteiger partial charge in [-0.2, -0.15) is 0 Å². The van der Waals surface area contributed by atoms with Crippen LogP contribution in [0.5, 0.6) is 0 Å². The molecule has 5 heteroatoms. The van der Waals surface area contributed by atoms with Gasteiger partial charge in [0.2, 0.25) is 0 Å². The van der Waals surface area contributed by atoms with Gasteiger partial charge in [0, 0.05) is 13.6 Å². The zero-order valence-corrected chi connectivity index (χ0v) is 20.6. The molecule has 0 unspecified atom stereocenters. The predicted octanol–water partition coefficient (Wildman–Crippen LogP) is 5.94. The van der Waals surface area contributed by atoms with Crippen molar-refractivity contribution in [3.05, 3.63) is 108 Å². The fourth-order valence-electron chi connectivity index (χ4n) is 3.50. The van der Waals surface area contributed by atoms with E-state index in [1.54, 1.807) is 18.8 Å². The van der Waals surface area contributed by atoms with E-state index < -0.39 is 5.60 Å². The van der Waals surface area contributed by atoms with Crippen LogP contribution in [0.3, 0.4) is 0 Å². The van der Waals surface area contributed by atoms with Crippen LogP contribution in [0.2, 0.25) is 0 Å². The van der Waals surface area contributed by atoms with Gasteiger partial charge in [0.05, 0.1) is 6.61 Å². The van der Waals surface area contributed by atoms with Crippen LogP contribution in [-0.4, -0.2) is 31.6 Å². The molecule has 0 saturated heterocycles. The van der Waals surface area contributed by atoms with E-state index in [2.05, 4.69) is 83.1 Å². The van der Waals surface area contributed by atoms with Gasteiger partial charge >= 0.3 is 0 Å². The fraction of sp³-hybridized carbons (Fsp3) is 0.240. The van der Waals surface area contributed by atoms with Crippen LogP contribution < -0.4 is 5.32 Å². The number of hydrogen-bond donors (Lipinski definition) is 1. The summed E-state index contributed by atoms with van der Waals surface area (Å²) in [5.41, 5.74) is 2.74. The van der Waals surface area contributed by atoms with E-state index >= 15 is 0 Å². The Kier molecular flexibility index (Phi) is 10.4. The van der Waals surface area contributed by atoms with Crippen molar-refractivity contribution in [3.8, 4) is 0 Å². The van der Waals surface area contributed by atoms with Crippen LogP contribution in [0.25, 0.3) is 0 Å². The van der Waals surface area contributed by atoms with E-state index in [9.17, 15) is 0 Å². The van der Waals surface area contributed by atoms with Crippen LogP contribution in [0, 0.1) is 0 Å². The average molecular weight is 532 g/mol. The molecule has 3 nitrogen and oxygen atoms in total. The first-order chi connectivity index (χ1) is 14.3. The van der Waals surface area contributed by atoms with Gasteiger partial charge in [-0.25, -0.2) is 0 Å². The maximum absolute atomic E-state index is 6.75. The number of nitrogens with one attached hydrogen (secondary N) is 1. The van der Waals surface area contributed by atoms with E-state index in [-0.39, 0.29) is 24.0 Å². The van der Waals surface area contributed by atoms with Crippen LogP contribution in [-0.2, 0) is 10.3 Å². The lowest BCUT2D eigenvalue weighted by molar-refractivity contribution is 0.0121. The number of amidine groups is 1. The van der Waals surface area contributed by atoms with Crippen molar-refractivity contribution < 1.29 is 4.74 Å². The zero-order valence-electron chi connectivity index (χ0n) is 17.5. The molecule has 0 amide bonds. The van der Waals surface area contributed by atoms with E-state index in [0.29, 0.717) is 6.61 Å². The second-order valence-corrected chi connectivity index (χ2v) is 7.44. The summed E-state index contributed by atoms with van der Waals surface area (Å²) in [6.07, 6.45) is 2.91. The molecule has 0 fully saturated rings. The van der Waals surface area contributed by atoms with Crippen molar-refractivity contribution in [1.29, 1.82) is 0 Å². The Bertz CT molecular complexity index is 792. The molecule has 0 aliphatic heterocycles. The molecular weight excluding hydrogens is 503 g/mol. The molecule has 0 atom stereocenters. The average Bonchev–Trinajstić information content (AvgIpc) is 2.81. The molecular formula is C25H29IN2OS. The van der Waals surface area contributed by atoms with Crippen molar-refractivity contribution >= 4 is 40.9 Å². The lowest BCUT2D eigenvalue weighted by Gasteiger charge is -2.36. The summed E-state index contributed by atoms with van der Waals surface area (Å²) in [6, 6.07) is 31.4. The van der Waals surface area contributed by atoms with Crippen LogP contribution in [0.15, 0.2) is 96.0 Å². The first kappa shape index (κ1) is 24.4. The van der Waals surface area contributed by atoms with E-state index in [1.807, 2.05) is 24.5 Å². The summed E-state index contributed by atoms with van der Waals surface area (Å²) in [5.74, 6) is 0. The minimum Gasteiger partial charge on any atom is -0.365 e. The molecule has 0 aromatic heterocycles. The van der Waals surface area contributed by atoms with Gasteiger partial charge in [-0.1, -0.05) is 103 Å². The van der Waals surface area contributed by atoms with Gasteiger partial charge in [0.25, 0.3) is 0 Å². The SMILES string of the molecule is CN=C(NCCCOC(c1ccccc1)(c1ccccc1)c1ccccc1)SC.I. The number of rotatable bonds is 8. The van der Waals surface area contributed by atoms with E-state index in [0.717, 1.165) is 34.8 Å². The highest BCUT2D eigenvalue weighted by atomic mass is 127. The molecule has 0 bridgehead atoms. The largest absolute Gasteiger partial charge is 0.365 e. The summed E-state index contributed by atoms with van der Waals surface area (Å²) < 4.78 is 6.75. The maximum atomic E-state index is 6.75. The lowest BCUT2D eigenvalue weighted by Crippen LogP contribution is -2.34. The van der Waals surface area contributed by atoms with Gasteiger partial charge < -0.3 is 10.1 Å². The lowest BCUT2D eigenvalue weighted by atomic mass is 9.80. The van der Waals surface area contributed by atoms with E-state index in [1.165, 1.54) is 0 Å². The number of thioether (sulfide) groups is 1. The van der Waals surface area contributed by atoms with Crippen LogP contribution in [0.4, 0.5) is 0 Å². The fourth-order valence-corrected chi connectivity index (χ4v) is 3.93. The Morgan fingerprint density at radius 2 is 1.27 bits per heavy atom. The highest BCUT2D eigenvalue weighted by molar-refractivity contribution is 14.0. The highest BCUT2D eigenvalue weighted by Gasteiger charge is 2.37. The summed E-state index contributed by atoms with van der Waals surface area (Å²) in [6.45, 7) is 1.44. The number of aliphatic imine (C=N–C) groups is 1. The Morgan fingerprint density at radius 1 is 0.833 bits per heavy atom. The molecule has 0 aliphatic carbocycles. The molecule has 0 heterocycles.